The molecule has 0 radical (unpaired) electrons. The Morgan fingerprint density at radius 1 is 1.32 bits per heavy atom. The van der Waals surface area contributed by atoms with Gasteiger partial charge in [0.15, 0.2) is 5.54 Å². The number of fused-ring (bicyclic) bond motifs is 1. The van der Waals surface area contributed by atoms with Crippen molar-refractivity contribution in [1.29, 1.82) is 5.26 Å². The third-order valence-electron chi connectivity index (χ3n) is 5.27. The first-order valence-corrected chi connectivity index (χ1v) is 9.20. The number of alkyl halides is 2. The van der Waals surface area contributed by atoms with Crippen LogP contribution in [0.1, 0.15) is 21.6 Å². The van der Waals surface area contributed by atoms with Gasteiger partial charge < -0.3 is 20.5 Å². The van der Waals surface area contributed by atoms with Gasteiger partial charge in [0.05, 0.1) is 24.7 Å². The molecule has 11 heteroatoms. The van der Waals surface area contributed by atoms with Crippen LogP contribution in [-0.4, -0.2) is 42.7 Å². The van der Waals surface area contributed by atoms with Gasteiger partial charge in [0.1, 0.15) is 23.7 Å². The van der Waals surface area contributed by atoms with Crippen molar-refractivity contribution in [2.45, 2.75) is 18.1 Å². The standard InChI is InChI=1S/C20H16F3N5O3/c21-14-3-2-11(27-17(29)15-4-1-10(6-24)7-26-15)5-12(14)20(18(22)23)13-8-30-9-16(13)31-19(25)28-20/h1-5,7,13,16,18H,8-9H2,(H2,25,28)(H,27,29)/t13-,16+,20+/m0/s1. The number of nitriles is 1. The molecule has 0 bridgehead atoms. The Labute approximate surface area is 174 Å². The quantitative estimate of drug-likeness (QED) is 0.765. The second-order valence-corrected chi connectivity index (χ2v) is 7.07. The maximum Gasteiger partial charge on any atom is 0.283 e. The average molecular weight is 431 g/mol. The summed E-state index contributed by atoms with van der Waals surface area (Å²) < 4.78 is 54.2. The monoisotopic (exact) mass is 431 g/mol. The van der Waals surface area contributed by atoms with Crippen LogP contribution in [0.2, 0.25) is 0 Å². The van der Waals surface area contributed by atoms with Crippen molar-refractivity contribution >= 4 is 17.6 Å². The molecule has 3 N–H and O–H groups in total. The number of aromatic nitrogens is 1. The second-order valence-electron chi connectivity index (χ2n) is 7.07. The van der Waals surface area contributed by atoms with Crippen LogP contribution >= 0.6 is 0 Å². The predicted molar refractivity (Wildman–Crippen MR) is 102 cm³/mol. The van der Waals surface area contributed by atoms with E-state index in [0.29, 0.717) is 0 Å². The van der Waals surface area contributed by atoms with E-state index in [0.717, 1.165) is 12.1 Å². The third kappa shape index (κ3) is 3.55. The molecular weight excluding hydrogens is 415 g/mol. The van der Waals surface area contributed by atoms with Gasteiger partial charge in [-0.05, 0) is 30.3 Å². The molecule has 2 aliphatic heterocycles. The summed E-state index contributed by atoms with van der Waals surface area (Å²) in [6.07, 6.45) is -2.70. The lowest BCUT2D eigenvalue weighted by Gasteiger charge is -2.40. The van der Waals surface area contributed by atoms with Gasteiger partial charge in [-0.1, -0.05) is 0 Å². The molecule has 0 aliphatic carbocycles. The maximum atomic E-state index is 14.8. The number of halogens is 3. The molecule has 0 spiro atoms. The van der Waals surface area contributed by atoms with E-state index in [2.05, 4.69) is 15.3 Å². The van der Waals surface area contributed by atoms with Crippen molar-refractivity contribution < 1.29 is 27.4 Å². The highest BCUT2D eigenvalue weighted by Crippen LogP contribution is 2.48. The van der Waals surface area contributed by atoms with Crippen molar-refractivity contribution in [3.05, 3.63) is 59.2 Å². The van der Waals surface area contributed by atoms with Crippen molar-refractivity contribution in [2.75, 3.05) is 18.5 Å². The van der Waals surface area contributed by atoms with Gasteiger partial charge >= 0.3 is 0 Å². The third-order valence-corrected chi connectivity index (χ3v) is 5.27. The number of ether oxygens (including phenoxy) is 2. The number of amides is 1. The summed E-state index contributed by atoms with van der Waals surface area (Å²) in [5.41, 5.74) is 3.18. The van der Waals surface area contributed by atoms with E-state index in [1.807, 2.05) is 6.07 Å². The fourth-order valence-electron chi connectivity index (χ4n) is 3.80. The van der Waals surface area contributed by atoms with Gasteiger partial charge in [-0.2, -0.15) is 5.26 Å². The van der Waals surface area contributed by atoms with Crippen LogP contribution in [0.15, 0.2) is 41.5 Å². The van der Waals surface area contributed by atoms with E-state index < -0.39 is 47.3 Å². The Hall–Kier alpha value is -3.65. The number of carbonyl (C=O) groups excluding carboxylic acids is 1. The molecule has 0 unspecified atom stereocenters. The van der Waals surface area contributed by atoms with Crippen molar-refractivity contribution in [2.24, 2.45) is 16.6 Å². The summed E-state index contributed by atoms with van der Waals surface area (Å²) in [5, 5.41) is 11.3. The van der Waals surface area contributed by atoms with E-state index in [9.17, 15) is 18.0 Å². The molecule has 3 atom stereocenters. The van der Waals surface area contributed by atoms with E-state index in [4.69, 9.17) is 20.5 Å². The number of nitrogens with zero attached hydrogens (tertiary/aromatic N) is 3. The molecule has 1 fully saturated rings. The number of carbonyl (C=O) groups is 1. The van der Waals surface area contributed by atoms with Crippen LogP contribution in [0.5, 0.6) is 0 Å². The number of benzene rings is 1. The molecule has 2 aliphatic rings. The molecule has 0 saturated carbocycles. The number of anilines is 1. The number of pyridine rings is 1. The molecule has 1 amide bonds. The first-order valence-electron chi connectivity index (χ1n) is 9.20. The van der Waals surface area contributed by atoms with Crippen LogP contribution in [0.4, 0.5) is 18.9 Å². The van der Waals surface area contributed by atoms with Crippen LogP contribution in [0, 0.1) is 23.1 Å². The minimum Gasteiger partial charge on any atom is -0.459 e. The van der Waals surface area contributed by atoms with Gasteiger partial charge in [-0.15, -0.1) is 0 Å². The van der Waals surface area contributed by atoms with Gasteiger partial charge in [0.25, 0.3) is 18.4 Å². The summed E-state index contributed by atoms with van der Waals surface area (Å²) >= 11 is 0. The lowest BCUT2D eigenvalue weighted by Crippen LogP contribution is -2.52. The van der Waals surface area contributed by atoms with Crippen LogP contribution in [0.3, 0.4) is 0 Å². The Bertz CT molecular complexity index is 1090. The summed E-state index contributed by atoms with van der Waals surface area (Å²) in [6, 6.07) is 7.43. The van der Waals surface area contributed by atoms with E-state index >= 15 is 0 Å². The predicted octanol–water partition coefficient (Wildman–Crippen LogP) is 2.16. The Morgan fingerprint density at radius 2 is 2.13 bits per heavy atom. The van der Waals surface area contributed by atoms with Crippen molar-refractivity contribution in [3.63, 3.8) is 0 Å². The summed E-state index contributed by atoms with van der Waals surface area (Å²) in [4.78, 5) is 20.2. The fourth-order valence-corrected chi connectivity index (χ4v) is 3.80. The highest BCUT2D eigenvalue weighted by molar-refractivity contribution is 6.02. The zero-order chi connectivity index (χ0) is 22.2. The first kappa shape index (κ1) is 20.6. The van der Waals surface area contributed by atoms with Crippen LogP contribution < -0.4 is 11.1 Å². The number of rotatable bonds is 4. The molecule has 1 saturated heterocycles. The molecule has 2 aromatic rings. The van der Waals surface area contributed by atoms with Gasteiger partial charge in [0.2, 0.25) is 0 Å². The number of nitrogens with two attached hydrogens (primary N) is 1. The minimum absolute atomic E-state index is 0.00830. The number of nitrogens with one attached hydrogen (secondary N) is 1. The fraction of sp³-hybridized carbons (Fsp3) is 0.300. The van der Waals surface area contributed by atoms with Crippen LogP contribution in [0.25, 0.3) is 0 Å². The topological polar surface area (TPSA) is 123 Å². The molecule has 31 heavy (non-hydrogen) atoms. The van der Waals surface area contributed by atoms with E-state index in [-0.39, 0.29) is 30.2 Å². The molecular formula is C20H16F3N5O3. The zero-order valence-corrected chi connectivity index (χ0v) is 15.9. The van der Waals surface area contributed by atoms with Gasteiger partial charge in [-0.3, -0.25) is 4.79 Å². The van der Waals surface area contributed by atoms with Crippen molar-refractivity contribution in [1.82, 2.24) is 4.98 Å². The lowest BCUT2D eigenvalue weighted by molar-refractivity contribution is -0.0305. The van der Waals surface area contributed by atoms with E-state index in [1.54, 1.807) is 0 Å². The SMILES string of the molecule is N#Cc1ccc(C(=O)Nc2ccc(F)c([C@@]3(C(F)F)N=C(N)O[C@@H]4COC[C@@H]43)c2)nc1. The molecule has 1 aromatic carbocycles. The first-order chi connectivity index (χ1) is 14.8. The Morgan fingerprint density at radius 3 is 2.81 bits per heavy atom. The van der Waals surface area contributed by atoms with Crippen molar-refractivity contribution in [3.8, 4) is 6.07 Å². The molecule has 4 rings (SSSR count). The normalized spacial score (nSPS) is 24.7. The number of hydrogen-bond donors (Lipinski definition) is 2. The molecule has 8 nitrogen and oxygen atoms in total. The summed E-state index contributed by atoms with van der Waals surface area (Å²) in [5.74, 6) is -2.57. The highest BCUT2D eigenvalue weighted by Gasteiger charge is 2.58. The largest absolute Gasteiger partial charge is 0.459 e. The number of aliphatic imine (C=N–C) groups is 1. The average Bonchev–Trinajstić information content (AvgIpc) is 3.23. The Balaban J connectivity index is 1.72. The lowest BCUT2D eigenvalue weighted by atomic mass is 9.76. The smallest absolute Gasteiger partial charge is 0.283 e. The highest BCUT2D eigenvalue weighted by atomic mass is 19.3. The van der Waals surface area contributed by atoms with Gasteiger partial charge in [-0.25, -0.2) is 23.1 Å². The molecule has 1 aromatic heterocycles. The van der Waals surface area contributed by atoms with E-state index in [1.165, 1.54) is 24.4 Å². The zero-order valence-electron chi connectivity index (χ0n) is 15.9. The summed E-state index contributed by atoms with van der Waals surface area (Å²) in [7, 11) is 0. The van der Waals surface area contributed by atoms with Crippen LogP contribution in [-0.2, 0) is 15.0 Å². The maximum absolute atomic E-state index is 14.8. The molecule has 160 valence electrons. The summed E-state index contributed by atoms with van der Waals surface area (Å²) in [6.45, 7) is -0.0886. The van der Waals surface area contributed by atoms with Gasteiger partial charge in [0, 0.05) is 17.4 Å². The second kappa shape index (κ2) is 7.88. The minimum atomic E-state index is -3.12. The number of amidine groups is 1. The Kier molecular flexibility index (Phi) is 5.24. The molecule has 3 heterocycles. The number of hydrogen-bond acceptors (Lipinski definition) is 7.